The lowest BCUT2D eigenvalue weighted by Gasteiger charge is -2.29. The highest BCUT2D eigenvalue weighted by molar-refractivity contribution is 6.28. The molecule has 0 bridgehead atoms. The first-order chi connectivity index (χ1) is 15.3. The smallest absolute Gasteiger partial charge is 0.262 e. The van der Waals surface area contributed by atoms with E-state index in [1.165, 1.54) is 18.2 Å². The Morgan fingerprint density at radius 3 is 2.12 bits per heavy atom. The van der Waals surface area contributed by atoms with E-state index in [-0.39, 0.29) is 28.6 Å². The molecular formula is C27H34FNO4. The third-order valence-electron chi connectivity index (χ3n) is 5.18. The van der Waals surface area contributed by atoms with Gasteiger partial charge in [0.2, 0.25) is 5.78 Å². The predicted octanol–water partition coefficient (Wildman–Crippen LogP) is 6.17. The molecule has 0 aliphatic carbocycles. The van der Waals surface area contributed by atoms with Crippen LogP contribution in [0, 0.1) is 5.82 Å². The number of methoxy groups -OCH3 is 1. The molecule has 2 aromatic rings. The quantitative estimate of drug-likeness (QED) is 0.178. The zero-order valence-corrected chi connectivity index (χ0v) is 20.8. The molecule has 2 aromatic carbocycles. The normalized spacial score (nSPS) is 12.3. The van der Waals surface area contributed by atoms with Crippen LogP contribution in [0.1, 0.15) is 70.0 Å². The van der Waals surface area contributed by atoms with Crippen LogP contribution in [-0.4, -0.2) is 25.4 Å². The molecule has 33 heavy (non-hydrogen) atoms. The summed E-state index contributed by atoms with van der Waals surface area (Å²) in [4.78, 5) is 26.3. The summed E-state index contributed by atoms with van der Waals surface area (Å²) < 4.78 is 25.1. The van der Waals surface area contributed by atoms with Gasteiger partial charge >= 0.3 is 0 Å². The van der Waals surface area contributed by atoms with E-state index < -0.39 is 17.5 Å². The number of halogens is 1. The molecule has 1 amide bonds. The second-order valence-electron chi connectivity index (χ2n) is 9.85. The first kappa shape index (κ1) is 26.1. The number of ketones is 1. The van der Waals surface area contributed by atoms with Crippen LogP contribution in [0.5, 0.6) is 5.75 Å². The highest BCUT2D eigenvalue weighted by Gasteiger charge is 2.29. The monoisotopic (exact) mass is 455 g/mol. The van der Waals surface area contributed by atoms with Gasteiger partial charge in [-0.05, 0) is 47.1 Å². The van der Waals surface area contributed by atoms with Crippen LogP contribution >= 0.6 is 0 Å². The van der Waals surface area contributed by atoms with Gasteiger partial charge in [0, 0.05) is 11.8 Å². The van der Waals surface area contributed by atoms with Crippen molar-refractivity contribution in [1.29, 1.82) is 0 Å². The average molecular weight is 456 g/mol. The van der Waals surface area contributed by atoms with E-state index in [1.807, 2.05) is 26.8 Å². The van der Waals surface area contributed by atoms with Crippen molar-refractivity contribution in [2.45, 2.75) is 59.3 Å². The van der Waals surface area contributed by atoms with Crippen molar-refractivity contribution < 1.29 is 23.5 Å². The van der Waals surface area contributed by atoms with Crippen LogP contribution in [0.2, 0.25) is 0 Å². The van der Waals surface area contributed by atoms with Gasteiger partial charge in [-0.1, -0.05) is 53.7 Å². The number of amides is 1. The maximum atomic E-state index is 14.3. The SMILES string of the molecule is CCO/C=C(\C(=O)Nc1cc(OC)c(C(C)(C)C)cc1C(C)(C)C)C(=O)c1ccccc1F. The molecule has 0 unspecified atom stereocenters. The Labute approximate surface area is 196 Å². The first-order valence-electron chi connectivity index (χ1n) is 11.0. The molecule has 178 valence electrons. The predicted molar refractivity (Wildman–Crippen MR) is 129 cm³/mol. The number of Topliss-reactive ketones (excluding diaryl/α,β-unsaturated/α-hetero) is 1. The van der Waals surface area contributed by atoms with Crippen molar-refractivity contribution in [3.05, 3.63) is 70.7 Å². The Morgan fingerprint density at radius 2 is 1.61 bits per heavy atom. The number of nitrogens with one attached hydrogen (secondary N) is 1. The second-order valence-corrected chi connectivity index (χ2v) is 9.85. The van der Waals surface area contributed by atoms with Crippen LogP contribution in [0.25, 0.3) is 0 Å². The topological polar surface area (TPSA) is 64.6 Å². The molecule has 0 aliphatic rings. The molecule has 0 fully saturated rings. The van der Waals surface area contributed by atoms with E-state index in [0.717, 1.165) is 17.4 Å². The number of hydrogen-bond acceptors (Lipinski definition) is 4. The Hall–Kier alpha value is -3.15. The van der Waals surface area contributed by atoms with Crippen LogP contribution in [0.3, 0.4) is 0 Å². The number of anilines is 1. The molecule has 0 heterocycles. The van der Waals surface area contributed by atoms with Crippen molar-refractivity contribution in [3.63, 3.8) is 0 Å². The summed E-state index contributed by atoms with van der Waals surface area (Å²) in [6.07, 6.45) is 1.08. The van der Waals surface area contributed by atoms with Crippen LogP contribution < -0.4 is 10.1 Å². The average Bonchev–Trinajstić information content (AvgIpc) is 2.72. The molecule has 0 spiro atoms. The van der Waals surface area contributed by atoms with Crippen molar-refractivity contribution in [2.24, 2.45) is 0 Å². The van der Waals surface area contributed by atoms with Crippen molar-refractivity contribution in [1.82, 2.24) is 0 Å². The molecule has 2 rings (SSSR count). The molecule has 1 N–H and O–H groups in total. The van der Waals surface area contributed by atoms with E-state index in [0.29, 0.717) is 11.4 Å². The number of benzene rings is 2. The maximum absolute atomic E-state index is 14.3. The molecule has 5 nitrogen and oxygen atoms in total. The summed E-state index contributed by atoms with van der Waals surface area (Å²) in [5.74, 6) is -1.52. The van der Waals surface area contributed by atoms with E-state index >= 15 is 0 Å². The zero-order valence-electron chi connectivity index (χ0n) is 20.8. The minimum atomic E-state index is -0.755. The standard InChI is InChI=1S/C27H34FNO4/c1-9-33-16-18(24(30)17-12-10-11-13-21(17)28)25(31)29-22-15-23(32-8)20(27(5,6)7)14-19(22)26(2,3)4/h10-16H,9H2,1-8H3,(H,29,31)/b18-16-. The first-order valence-corrected chi connectivity index (χ1v) is 11.0. The maximum Gasteiger partial charge on any atom is 0.262 e. The van der Waals surface area contributed by atoms with Gasteiger partial charge in [0.05, 0.1) is 25.5 Å². The van der Waals surface area contributed by atoms with Crippen LogP contribution in [-0.2, 0) is 20.4 Å². The number of ether oxygens (including phenoxy) is 2. The lowest BCUT2D eigenvalue weighted by Crippen LogP contribution is -2.25. The third kappa shape index (κ3) is 6.21. The van der Waals surface area contributed by atoms with Crippen molar-refractivity contribution in [2.75, 3.05) is 19.0 Å². The Kier molecular flexibility index (Phi) is 8.06. The number of carbonyl (C=O) groups excluding carboxylic acids is 2. The van der Waals surface area contributed by atoms with Gasteiger partial charge in [-0.15, -0.1) is 0 Å². The fraction of sp³-hybridized carbons (Fsp3) is 0.407. The fourth-order valence-electron chi connectivity index (χ4n) is 3.42. The van der Waals surface area contributed by atoms with Crippen LogP contribution in [0.15, 0.2) is 48.2 Å². The van der Waals surface area contributed by atoms with Crippen LogP contribution in [0.4, 0.5) is 10.1 Å². The summed E-state index contributed by atoms with van der Waals surface area (Å²) in [5, 5.41) is 2.84. The van der Waals surface area contributed by atoms with Gasteiger partial charge in [-0.3, -0.25) is 9.59 Å². The minimum absolute atomic E-state index is 0.186. The Balaban J connectivity index is 2.57. The molecular weight excluding hydrogens is 421 g/mol. The highest BCUT2D eigenvalue weighted by Crippen LogP contribution is 2.40. The minimum Gasteiger partial charge on any atom is -0.501 e. The summed E-state index contributed by atoms with van der Waals surface area (Å²) in [6.45, 7) is 14.4. The lowest BCUT2D eigenvalue weighted by molar-refractivity contribution is -0.112. The summed E-state index contributed by atoms with van der Waals surface area (Å²) >= 11 is 0. The van der Waals surface area contributed by atoms with Crippen molar-refractivity contribution >= 4 is 17.4 Å². The Bertz CT molecular complexity index is 1060. The number of carbonyl (C=O) groups is 2. The molecule has 6 heteroatoms. The second kappa shape index (κ2) is 10.2. The van der Waals surface area contributed by atoms with Gasteiger partial charge in [0.15, 0.2) is 0 Å². The summed E-state index contributed by atoms with van der Waals surface area (Å²) in [7, 11) is 1.58. The Morgan fingerprint density at radius 1 is 1.00 bits per heavy atom. The summed E-state index contributed by atoms with van der Waals surface area (Å²) in [5.41, 5.74) is 1.41. The van der Waals surface area contributed by atoms with E-state index in [1.54, 1.807) is 26.2 Å². The fourth-order valence-corrected chi connectivity index (χ4v) is 3.42. The van der Waals surface area contributed by atoms with Gasteiger partial charge in [0.25, 0.3) is 5.91 Å². The molecule has 0 atom stereocenters. The molecule has 0 saturated carbocycles. The molecule has 0 saturated heterocycles. The zero-order chi connectivity index (χ0) is 25.0. The molecule has 0 radical (unpaired) electrons. The van der Waals surface area contributed by atoms with Gasteiger partial charge in [0.1, 0.15) is 17.1 Å². The highest BCUT2D eigenvalue weighted by atomic mass is 19.1. The molecule has 0 aliphatic heterocycles. The third-order valence-corrected chi connectivity index (χ3v) is 5.18. The van der Waals surface area contributed by atoms with E-state index in [2.05, 4.69) is 26.1 Å². The lowest BCUT2D eigenvalue weighted by atomic mass is 9.79. The number of rotatable bonds is 7. The van der Waals surface area contributed by atoms with Gasteiger partial charge < -0.3 is 14.8 Å². The van der Waals surface area contributed by atoms with Gasteiger partial charge in [-0.25, -0.2) is 4.39 Å². The van der Waals surface area contributed by atoms with Crippen molar-refractivity contribution in [3.8, 4) is 5.75 Å². The van der Waals surface area contributed by atoms with E-state index in [9.17, 15) is 14.0 Å². The number of hydrogen-bond donors (Lipinski definition) is 1. The largest absolute Gasteiger partial charge is 0.501 e. The van der Waals surface area contributed by atoms with E-state index in [4.69, 9.17) is 9.47 Å². The summed E-state index contributed by atoms with van der Waals surface area (Å²) in [6, 6.07) is 9.34. The van der Waals surface area contributed by atoms with Gasteiger partial charge in [-0.2, -0.15) is 0 Å². The molecule has 0 aromatic heterocycles.